The van der Waals surface area contributed by atoms with Gasteiger partial charge in [-0.25, -0.2) is 0 Å². The van der Waals surface area contributed by atoms with Crippen molar-refractivity contribution in [3.8, 4) is 6.07 Å². The summed E-state index contributed by atoms with van der Waals surface area (Å²) in [5.41, 5.74) is 0.779. The second-order valence-electron chi connectivity index (χ2n) is 15.3. The monoisotopic (exact) mass is 493 g/mol. The summed E-state index contributed by atoms with van der Waals surface area (Å²) in [6.45, 7) is 16.1. The van der Waals surface area contributed by atoms with Gasteiger partial charge in [0.25, 0.3) is 0 Å². The van der Waals surface area contributed by atoms with Crippen molar-refractivity contribution >= 4 is 5.78 Å². The molecule has 36 heavy (non-hydrogen) atoms. The number of carbonyl (C=O) groups is 1. The van der Waals surface area contributed by atoms with E-state index >= 15 is 0 Å². The van der Waals surface area contributed by atoms with Crippen LogP contribution in [0.15, 0.2) is 23.3 Å². The molecule has 3 unspecified atom stereocenters. The van der Waals surface area contributed by atoms with Crippen LogP contribution in [0.25, 0.3) is 0 Å². The number of hydrogen-bond acceptors (Lipinski definition) is 4. The number of aliphatic hydroxyl groups is 2. The molecule has 0 saturated heterocycles. The molecule has 5 rings (SSSR count). The van der Waals surface area contributed by atoms with Gasteiger partial charge in [0.1, 0.15) is 0 Å². The fourth-order valence-corrected chi connectivity index (χ4v) is 10.6. The summed E-state index contributed by atoms with van der Waals surface area (Å²) in [6.07, 6.45) is 11.5. The van der Waals surface area contributed by atoms with Gasteiger partial charge in [-0.1, -0.05) is 60.1 Å². The van der Waals surface area contributed by atoms with E-state index in [1.165, 1.54) is 12.0 Å². The van der Waals surface area contributed by atoms with E-state index in [1.807, 2.05) is 12.2 Å². The maximum Gasteiger partial charge on any atom is 0.159 e. The topological polar surface area (TPSA) is 81.3 Å². The van der Waals surface area contributed by atoms with E-state index in [2.05, 4.69) is 54.5 Å². The number of hydrogen-bond donors (Lipinski definition) is 2. The number of ketones is 1. The molecular formula is C32H47NO3. The summed E-state index contributed by atoms with van der Waals surface area (Å²) in [5.74, 6) is 0.727. The lowest BCUT2D eigenvalue weighted by molar-refractivity contribution is -0.175. The Balaban J connectivity index is 1.68. The maximum atomic E-state index is 14.4. The van der Waals surface area contributed by atoms with Crippen LogP contribution in [0.2, 0.25) is 0 Å². The number of nitrogens with zero attached hydrogens (tertiary/aromatic N) is 1. The molecule has 3 saturated carbocycles. The molecule has 198 valence electrons. The van der Waals surface area contributed by atoms with Gasteiger partial charge in [-0.15, -0.1) is 0 Å². The molecule has 0 aromatic heterocycles. The van der Waals surface area contributed by atoms with Gasteiger partial charge in [-0.2, -0.15) is 5.26 Å². The highest BCUT2D eigenvalue weighted by atomic mass is 16.3. The third-order valence-electron chi connectivity index (χ3n) is 12.9. The summed E-state index contributed by atoms with van der Waals surface area (Å²) in [6, 6.07) is 2.29. The molecule has 0 bridgehead atoms. The SMILES string of the molecule is CC1(C)CC[C@]2(CCO)CC[C@]3(C)C(C(=O)C=C4[C@@]5(C)C=C(C#N)C(O)C(C)(C)[C@@H]5CC[C@]43C)C2C1. The van der Waals surface area contributed by atoms with Crippen molar-refractivity contribution in [2.75, 3.05) is 6.61 Å². The molecule has 5 aliphatic rings. The summed E-state index contributed by atoms with van der Waals surface area (Å²) in [7, 11) is 0. The molecule has 4 nitrogen and oxygen atoms in total. The zero-order valence-electron chi connectivity index (χ0n) is 23.6. The Hall–Kier alpha value is -1.44. The molecule has 0 aromatic rings. The summed E-state index contributed by atoms with van der Waals surface area (Å²) >= 11 is 0. The molecule has 0 heterocycles. The van der Waals surface area contributed by atoms with Gasteiger partial charge in [0.2, 0.25) is 0 Å². The Morgan fingerprint density at radius 1 is 1.03 bits per heavy atom. The molecule has 4 heteroatoms. The summed E-state index contributed by atoms with van der Waals surface area (Å²) in [4.78, 5) is 14.4. The highest BCUT2D eigenvalue weighted by molar-refractivity contribution is 5.95. The van der Waals surface area contributed by atoms with Crippen LogP contribution in [0.1, 0.15) is 99.8 Å². The van der Waals surface area contributed by atoms with Crippen molar-refractivity contribution in [3.63, 3.8) is 0 Å². The number of aliphatic hydroxyl groups excluding tert-OH is 2. The second kappa shape index (κ2) is 7.79. The lowest BCUT2D eigenvalue weighted by atomic mass is 9.34. The highest BCUT2D eigenvalue weighted by Crippen LogP contribution is 2.75. The standard InChI is InChI=1S/C32H47NO3/c1-27(2)10-12-32(14-15-34)13-11-31(7)25(21(32)18-27)22(35)16-24-29(5)17-20(19-33)26(36)28(3,4)23(29)8-9-30(24,31)6/h16-17,21,23,25-26,34,36H,8-15,18H2,1-7H3/t21?,23-,25?,26?,29-,30+,31+,32+/m0/s1. The van der Waals surface area contributed by atoms with Crippen molar-refractivity contribution in [2.24, 2.45) is 50.2 Å². The molecular weight excluding hydrogens is 446 g/mol. The lowest BCUT2D eigenvalue weighted by Crippen LogP contribution is -2.65. The Bertz CT molecular complexity index is 1080. The van der Waals surface area contributed by atoms with Crippen LogP contribution in [0.4, 0.5) is 0 Å². The van der Waals surface area contributed by atoms with Crippen LogP contribution in [-0.2, 0) is 4.79 Å². The Labute approximate surface area is 218 Å². The van der Waals surface area contributed by atoms with E-state index in [4.69, 9.17) is 0 Å². The average Bonchev–Trinajstić information content (AvgIpc) is 2.79. The van der Waals surface area contributed by atoms with Gasteiger partial charge in [-0.05, 0) is 96.4 Å². The third-order valence-corrected chi connectivity index (χ3v) is 12.9. The van der Waals surface area contributed by atoms with Crippen molar-refractivity contribution < 1.29 is 15.0 Å². The summed E-state index contributed by atoms with van der Waals surface area (Å²) in [5, 5.41) is 31.1. The van der Waals surface area contributed by atoms with Crippen molar-refractivity contribution in [2.45, 2.75) is 106 Å². The van der Waals surface area contributed by atoms with Gasteiger partial charge in [0, 0.05) is 17.9 Å². The third kappa shape index (κ3) is 3.14. The molecule has 0 radical (unpaired) electrons. The van der Waals surface area contributed by atoms with Crippen LogP contribution in [0.5, 0.6) is 0 Å². The molecule has 2 N–H and O–H groups in total. The zero-order valence-corrected chi connectivity index (χ0v) is 23.6. The van der Waals surface area contributed by atoms with Crippen LogP contribution < -0.4 is 0 Å². The van der Waals surface area contributed by atoms with Crippen LogP contribution in [-0.4, -0.2) is 28.7 Å². The number of carbonyl (C=O) groups excluding carboxylic acids is 1. The Morgan fingerprint density at radius 2 is 1.69 bits per heavy atom. The first kappa shape index (κ1) is 26.2. The largest absolute Gasteiger partial charge is 0.396 e. The van der Waals surface area contributed by atoms with Crippen LogP contribution in [0, 0.1) is 61.6 Å². The van der Waals surface area contributed by atoms with Crippen LogP contribution in [0.3, 0.4) is 0 Å². The van der Waals surface area contributed by atoms with Crippen molar-refractivity contribution in [3.05, 3.63) is 23.3 Å². The normalized spacial score (nSPS) is 48.8. The highest BCUT2D eigenvalue weighted by Gasteiger charge is 2.69. The molecule has 0 aliphatic heterocycles. The number of allylic oxidation sites excluding steroid dienone is 3. The minimum atomic E-state index is -0.772. The lowest BCUT2D eigenvalue weighted by Gasteiger charge is -2.69. The zero-order chi connectivity index (χ0) is 26.5. The van der Waals surface area contributed by atoms with E-state index in [0.29, 0.717) is 11.5 Å². The van der Waals surface area contributed by atoms with E-state index in [9.17, 15) is 20.3 Å². The average molecular weight is 494 g/mol. The van der Waals surface area contributed by atoms with Gasteiger partial charge in [-0.3, -0.25) is 4.79 Å². The van der Waals surface area contributed by atoms with E-state index < -0.39 is 16.9 Å². The molecule has 5 aliphatic carbocycles. The summed E-state index contributed by atoms with van der Waals surface area (Å²) < 4.78 is 0. The fraction of sp³-hybridized carbons (Fsp3) is 0.812. The molecule has 0 amide bonds. The smallest absolute Gasteiger partial charge is 0.159 e. The fourth-order valence-electron chi connectivity index (χ4n) is 10.6. The number of fused-ring (bicyclic) bond motifs is 7. The van der Waals surface area contributed by atoms with Gasteiger partial charge < -0.3 is 10.2 Å². The minimum absolute atomic E-state index is 0.0205. The quantitative estimate of drug-likeness (QED) is 0.468. The molecule has 8 atom stereocenters. The predicted molar refractivity (Wildman–Crippen MR) is 142 cm³/mol. The van der Waals surface area contributed by atoms with E-state index in [0.717, 1.165) is 44.9 Å². The minimum Gasteiger partial charge on any atom is -0.396 e. The number of nitriles is 1. The Kier molecular flexibility index (Phi) is 5.67. The first-order valence-electron chi connectivity index (χ1n) is 14.3. The van der Waals surface area contributed by atoms with E-state index in [1.54, 1.807) is 0 Å². The van der Waals surface area contributed by atoms with Crippen molar-refractivity contribution in [1.82, 2.24) is 0 Å². The van der Waals surface area contributed by atoms with Crippen LogP contribution >= 0.6 is 0 Å². The number of rotatable bonds is 2. The van der Waals surface area contributed by atoms with E-state index in [-0.39, 0.29) is 45.9 Å². The van der Waals surface area contributed by atoms with Gasteiger partial charge in [0.15, 0.2) is 5.78 Å². The molecule has 3 fully saturated rings. The van der Waals surface area contributed by atoms with Gasteiger partial charge >= 0.3 is 0 Å². The first-order chi connectivity index (χ1) is 16.6. The Morgan fingerprint density at radius 3 is 2.33 bits per heavy atom. The van der Waals surface area contributed by atoms with Gasteiger partial charge in [0.05, 0.1) is 17.7 Å². The molecule has 0 aromatic carbocycles. The predicted octanol–water partition coefficient (Wildman–Crippen LogP) is 6.38. The maximum absolute atomic E-state index is 14.4. The molecule has 0 spiro atoms. The second-order valence-corrected chi connectivity index (χ2v) is 15.3. The first-order valence-corrected chi connectivity index (χ1v) is 14.3. The van der Waals surface area contributed by atoms with Crippen molar-refractivity contribution in [1.29, 1.82) is 5.26 Å².